The van der Waals surface area contributed by atoms with Gasteiger partial charge in [-0.05, 0) is 48.7 Å². The van der Waals surface area contributed by atoms with Crippen molar-refractivity contribution in [1.82, 2.24) is 4.31 Å². The van der Waals surface area contributed by atoms with Gasteiger partial charge in [-0.15, -0.1) is 0 Å². The van der Waals surface area contributed by atoms with E-state index in [9.17, 15) is 18.0 Å². The summed E-state index contributed by atoms with van der Waals surface area (Å²) in [4.78, 5) is 26.0. The molecule has 0 amide bonds. The Labute approximate surface area is 228 Å². The van der Waals surface area contributed by atoms with Crippen LogP contribution in [0.3, 0.4) is 0 Å². The van der Waals surface area contributed by atoms with Crippen LogP contribution in [-0.4, -0.2) is 59.0 Å². The van der Waals surface area contributed by atoms with Crippen molar-refractivity contribution < 1.29 is 37.0 Å². The Kier molecular flexibility index (Phi) is 8.57. The molecule has 1 unspecified atom stereocenters. The maximum absolute atomic E-state index is 13.6. The van der Waals surface area contributed by atoms with Crippen LogP contribution in [0.5, 0.6) is 17.2 Å². The van der Waals surface area contributed by atoms with E-state index in [0.717, 1.165) is 16.7 Å². The SMILES string of the molecule is COc1cc(C(=O)COC(=O)CC2c3ccccc3CCN2S(=O)(=O)c2ccc(C)cc2)cc(OC)c1OC. The van der Waals surface area contributed by atoms with E-state index in [0.29, 0.717) is 23.7 Å². The molecule has 0 radical (unpaired) electrons. The lowest BCUT2D eigenvalue weighted by molar-refractivity contribution is -0.143. The lowest BCUT2D eigenvalue weighted by atomic mass is 9.92. The quantitative estimate of drug-likeness (QED) is 0.273. The lowest BCUT2D eigenvalue weighted by Crippen LogP contribution is -2.41. The second-order valence-electron chi connectivity index (χ2n) is 9.10. The number of rotatable bonds is 10. The minimum atomic E-state index is -3.89. The molecule has 4 rings (SSSR count). The van der Waals surface area contributed by atoms with Gasteiger partial charge in [0.25, 0.3) is 0 Å². The Morgan fingerprint density at radius 1 is 0.923 bits per heavy atom. The van der Waals surface area contributed by atoms with Gasteiger partial charge in [0.05, 0.1) is 38.7 Å². The van der Waals surface area contributed by atoms with Gasteiger partial charge in [0.1, 0.15) is 0 Å². The number of carbonyl (C=O) groups is 2. The zero-order chi connectivity index (χ0) is 28.2. The average Bonchev–Trinajstić information content (AvgIpc) is 2.95. The fourth-order valence-electron chi connectivity index (χ4n) is 4.66. The molecule has 3 aromatic carbocycles. The van der Waals surface area contributed by atoms with Gasteiger partial charge in [-0.3, -0.25) is 9.59 Å². The molecule has 10 heteroatoms. The number of benzene rings is 3. The second-order valence-corrected chi connectivity index (χ2v) is 11.0. The molecule has 0 aromatic heterocycles. The summed E-state index contributed by atoms with van der Waals surface area (Å²) < 4.78 is 49.8. The first-order valence-electron chi connectivity index (χ1n) is 12.3. The standard InChI is InChI=1S/C29H31NO8S/c1-19-9-11-22(12-10-19)39(33,34)30-14-13-20-7-5-6-8-23(20)24(30)17-28(32)38-18-25(31)21-15-26(35-2)29(37-4)27(16-21)36-3/h5-12,15-16,24H,13-14,17-18H2,1-4H3. The van der Waals surface area contributed by atoms with Crippen molar-refractivity contribution in [2.45, 2.75) is 30.7 Å². The summed E-state index contributed by atoms with van der Waals surface area (Å²) in [7, 11) is 0.429. The van der Waals surface area contributed by atoms with Crippen molar-refractivity contribution in [2.24, 2.45) is 0 Å². The molecule has 9 nitrogen and oxygen atoms in total. The van der Waals surface area contributed by atoms with Gasteiger partial charge in [0.15, 0.2) is 18.1 Å². The van der Waals surface area contributed by atoms with Gasteiger partial charge in [-0.2, -0.15) is 4.31 Å². The monoisotopic (exact) mass is 553 g/mol. The van der Waals surface area contributed by atoms with E-state index in [2.05, 4.69) is 0 Å². The van der Waals surface area contributed by atoms with Gasteiger partial charge in [0, 0.05) is 12.1 Å². The normalized spacial score (nSPS) is 15.2. The summed E-state index contributed by atoms with van der Waals surface area (Å²) in [5.74, 6) is -0.249. The van der Waals surface area contributed by atoms with Crippen molar-refractivity contribution in [3.05, 3.63) is 82.9 Å². The summed E-state index contributed by atoms with van der Waals surface area (Å²) in [6.45, 7) is 1.57. The average molecular weight is 554 g/mol. The minimum absolute atomic E-state index is 0.156. The lowest BCUT2D eigenvalue weighted by Gasteiger charge is -2.36. The van der Waals surface area contributed by atoms with E-state index in [4.69, 9.17) is 18.9 Å². The van der Waals surface area contributed by atoms with E-state index in [1.165, 1.54) is 37.8 Å². The highest BCUT2D eigenvalue weighted by Crippen LogP contribution is 2.39. The number of esters is 1. The molecule has 1 aliphatic rings. The molecule has 3 aromatic rings. The third-order valence-electron chi connectivity index (χ3n) is 6.70. The summed E-state index contributed by atoms with van der Waals surface area (Å²) in [5, 5.41) is 0. The van der Waals surface area contributed by atoms with Crippen LogP contribution in [0.4, 0.5) is 0 Å². The van der Waals surface area contributed by atoms with Crippen LogP contribution in [0, 0.1) is 6.92 Å². The number of carbonyl (C=O) groups excluding carboxylic acids is 2. The number of sulfonamides is 1. The third-order valence-corrected chi connectivity index (χ3v) is 8.62. The van der Waals surface area contributed by atoms with Gasteiger partial charge in [-0.25, -0.2) is 8.42 Å². The first-order chi connectivity index (χ1) is 18.7. The van der Waals surface area contributed by atoms with Crippen LogP contribution in [-0.2, 0) is 26.0 Å². The van der Waals surface area contributed by atoms with Crippen molar-refractivity contribution in [3.63, 3.8) is 0 Å². The third kappa shape index (κ3) is 5.91. The molecule has 0 fully saturated rings. The number of hydrogen-bond acceptors (Lipinski definition) is 8. The summed E-state index contributed by atoms with van der Waals surface area (Å²) >= 11 is 0. The Morgan fingerprint density at radius 3 is 2.18 bits per heavy atom. The van der Waals surface area contributed by atoms with Crippen LogP contribution < -0.4 is 14.2 Å². The van der Waals surface area contributed by atoms with E-state index in [-0.39, 0.29) is 23.4 Å². The molecular formula is C29H31NO8S. The zero-order valence-electron chi connectivity index (χ0n) is 22.3. The Morgan fingerprint density at radius 2 is 1.56 bits per heavy atom. The molecule has 0 saturated heterocycles. The van der Waals surface area contributed by atoms with E-state index in [1.807, 2.05) is 31.2 Å². The topological polar surface area (TPSA) is 108 Å². The van der Waals surface area contributed by atoms with Gasteiger partial charge < -0.3 is 18.9 Å². The maximum atomic E-state index is 13.6. The molecule has 0 bridgehead atoms. The van der Waals surface area contributed by atoms with Crippen molar-refractivity contribution >= 4 is 21.8 Å². The predicted octanol–water partition coefficient (Wildman–Crippen LogP) is 4.13. The predicted molar refractivity (Wildman–Crippen MR) is 144 cm³/mol. The number of ether oxygens (including phenoxy) is 4. The minimum Gasteiger partial charge on any atom is -0.493 e. The molecule has 1 heterocycles. The summed E-state index contributed by atoms with van der Waals surface area (Å²) in [6, 6.07) is 16.2. The molecule has 206 valence electrons. The molecule has 1 aliphatic heterocycles. The highest BCUT2D eigenvalue weighted by Gasteiger charge is 2.38. The number of nitrogens with zero attached hydrogens (tertiary/aromatic N) is 1. The number of Topliss-reactive ketones (excluding diaryl/α,β-unsaturated/α-hetero) is 1. The summed E-state index contributed by atoms with van der Waals surface area (Å²) in [5.41, 5.74) is 2.87. The van der Waals surface area contributed by atoms with Gasteiger partial charge in [-0.1, -0.05) is 42.0 Å². The van der Waals surface area contributed by atoms with E-state index in [1.54, 1.807) is 24.3 Å². The van der Waals surface area contributed by atoms with Gasteiger partial charge in [0.2, 0.25) is 21.6 Å². The number of ketones is 1. The summed E-state index contributed by atoms with van der Waals surface area (Å²) in [6.07, 6.45) is 0.275. The first kappa shape index (κ1) is 28.1. The number of aryl methyl sites for hydroxylation is 1. The van der Waals surface area contributed by atoms with Crippen LogP contribution >= 0.6 is 0 Å². The molecule has 0 saturated carbocycles. The highest BCUT2D eigenvalue weighted by molar-refractivity contribution is 7.89. The largest absolute Gasteiger partial charge is 0.493 e. The highest BCUT2D eigenvalue weighted by atomic mass is 32.2. The van der Waals surface area contributed by atoms with Crippen LogP contribution in [0.25, 0.3) is 0 Å². The number of methoxy groups -OCH3 is 3. The van der Waals surface area contributed by atoms with Crippen molar-refractivity contribution in [3.8, 4) is 17.2 Å². The van der Waals surface area contributed by atoms with Crippen LogP contribution in [0.15, 0.2) is 65.6 Å². The zero-order valence-corrected chi connectivity index (χ0v) is 23.1. The number of hydrogen-bond donors (Lipinski definition) is 0. The molecule has 0 spiro atoms. The second kappa shape index (κ2) is 11.9. The van der Waals surface area contributed by atoms with Crippen LogP contribution in [0.2, 0.25) is 0 Å². The first-order valence-corrected chi connectivity index (χ1v) is 13.8. The van der Waals surface area contributed by atoms with E-state index < -0.39 is 34.4 Å². The smallest absolute Gasteiger partial charge is 0.308 e. The van der Waals surface area contributed by atoms with E-state index >= 15 is 0 Å². The maximum Gasteiger partial charge on any atom is 0.308 e. The molecular weight excluding hydrogens is 522 g/mol. The molecule has 1 atom stereocenters. The Bertz CT molecular complexity index is 1440. The van der Waals surface area contributed by atoms with Crippen molar-refractivity contribution in [1.29, 1.82) is 0 Å². The van der Waals surface area contributed by atoms with Gasteiger partial charge >= 0.3 is 5.97 Å². The number of fused-ring (bicyclic) bond motifs is 1. The molecule has 0 N–H and O–H groups in total. The Hall–Kier alpha value is -3.89. The fraction of sp³-hybridized carbons (Fsp3) is 0.310. The molecule has 39 heavy (non-hydrogen) atoms. The van der Waals surface area contributed by atoms with Crippen molar-refractivity contribution in [2.75, 3.05) is 34.5 Å². The van der Waals surface area contributed by atoms with Crippen LogP contribution in [0.1, 0.15) is 39.5 Å². The molecule has 0 aliphatic carbocycles. The fourth-order valence-corrected chi connectivity index (χ4v) is 6.27. The Balaban J connectivity index is 1.54.